The minimum atomic E-state index is -0.991. The molecular weight excluding hydrogens is 182 g/mol. The van der Waals surface area contributed by atoms with Crippen molar-refractivity contribution < 1.29 is 4.21 Å². The molecule has 0 aliphatic carbocycles. The van der Waals surface area contributed by atoms with Crippen molar-refractivity contribution in [2.45, 2.75) is 30.4 Å². The summed E-state index contributed by atoms with van der Waals surface area (Å²) in [4.78, 5) is 0.799. The van der Waals surface area contributed by atoms with Crippen LogP contribution in [-0.4, -0.2) is 8.96 Å². The van der Waals surface area contributed by atoms with Gasteiger partial charge < -0.3 is 5.73 Å². The molecule has 13 heavy (non-hydrogen) atoms. The number of benzene rings is 1. The third-order valence-electron chi connectivity index (χ3n) is 1.63. The molecule has 2 N–H and O–H groups in total. The second-order valence-electron chi connectivity index (χ2n) is 3.95. The first kappa shape index (κ1) is 10.3. The normalized spacial score (nSPS) is 14.1. The first-order chi connectivity index (χ1) is 5.91. The van der Waals surface area contributed by atoms with E-state index in [0.29, 0.717) is 5.69 Å². The van der Waals surface area contributed by atoms with Crippen LogP contribution in [0.5, 0.6) is 0 Å². The van der Waals surface area contributed by atoms with E-state index in [1.807, 2.05) is 32.9 Å². The molecule has 1 rings (SSSR count). The third kappa shape index (κ3) is 2.56. The maximum absolute atomic E-state index is 11.9. The van der Waals surface area contributed by atoms with Crippen molar-refractivity contribution in [1.82, 2.24) is 0 Å². The van der Waals surface area contributed by atoms with Crippen LogP contribution in [0.3, 0.4) is 0 Å². The van der Waals surface area contributed by atoms with E-state index < -0.39 is 10.8 Å². The van der Waals surface area contributed by atoms with Crippen molar-refractivity contribution in [2.75, 3.05) is 5.73 Å². The third-order valence-corrected chi connectivity index (χ3v) is 3.42. The van der Waals surface area contributed by atoms with Crippen LogP contribution in [0.4, 0.5) is 5.69 Å². The summed E-state index contributed by atoms with van der Waals surface area (Å²) in [7, 11) is -0.991. The summed E-state index contributed by atoms with van der Waals surface area (Å²) >= 11 is 0. The molecule has 0 bridgehead atoms. The fourth-order valence-corrected chi connectivity index (χ4v) is 2.14. The lowest BCUT2D eigenvalue weighted by atomic mass is 10.3. The van der Waals surface area contributed by atoms with Gasteiger partial charge in [0, 0.05) is 15.3 Å². The van der Waals surface area contributed by atoms with E-state index in [-0.39, 0.29) is 4.75 Å². The summed E-state index contributed by atoms with van der Waals surface area (Å²) in [6.45, 7) is 5.85. The zero-order valence-electron chi connectivity index (χ0n) is 8.20. The van der Waals surface area contributed by atoms with E-state index in [1.54, 1.807) is 12.1 Å². The van der Waals surface area contributed by atoms with Crippen LogP contribution in [0, 0.1) is 0 Å². The first-order valence-corrected chi connectivity index (χ1v) is 5.33. The molecular formula is C10H15NOS. The number of hydrogen-bond donors (Lipinski definition) is 1. The monoisotopic (exact) mass is 197 g/mol. The Balaban J connectivity index is 3.03. The Morgan fingerprint density at radius 1 is 1.31 bits per heavy atom. The van der Waals surface area contributed by atoms with Crippen LogP contribution in [0.25, 0.3) is 0 Å². The van der Waals surface area contributed by atoms with Gasteiger partial charge in [-0.15, -0.1) is 0 Å². The fraction of sp³-hybridized carbons (Fsp3) is 0.400. The highest BCUT2D eigenvalue weighted by atomic mass is 32.2. The van der Waals surface area contributed by atoms with Gasteiger partial charge in [0.05, 0.1) is 10.8 Å². The number of nitrogen functional groups attached to an aromatic ring is 1. The van der Waals surface area contributed by atoms with Gasteiger partial charge in [-0.25, -0.2) is 0 Å². The Bertz CT molecular complexity index is 328. The van der Waals surface area contributed by atoms with Gasteiger partial charge in [-0.3, -0.25) is 4.21 Å². The van der Waals surface area contributed by atoms with E-state index in [9.17, 15) is 4.21 Å². The average Bonchev–Trinajstić information content (AvgIpc) is 2.01. The molecule has 0 spiro atoms. The molecule has 0 aromatic heterocycles. The van der Waals surface area contributed by atoms with Crippen molar-refractivity contribution in [3.8, 4) is 0 Å². The fourth-order valence-electron chi connectivity index (χ4n) is 0.983. The molecule has 72 valence electrons. The van der Waals surface area contributed by atoms with Gasteiger partial charge in [0.15, 0.2) is 0 Å². The Hall–Kier alpha value is -0.830. The number of anilines is 1. The van der Waals surface area contributed by atoms with Crippen LogP contribution >= 0.6 is 0 Å². The highest BCUT2D eigenvalue weighted by Gasteiger charge is 2.20. The lowest BCUT2D eigenvalue weighted by Crippen LogP contribution is -2.21. The van der Waals surface area contributed by atoms with Gasteiger partial charge in [0.25, 0.3) is 0 Å². The second kappa shape index (κ2) is 3.50. The zero-order chi connectivity index (χ0) is 10.1. The second-order valence-corrected chi connectivity index (χ2v) is 6.19. The quantitative estimate of drug-likeness (QED) is 0.701. The van der Waals surface area contributed by atoms with Crippen LogP contribution in [0.15, 0.2) is 29.2 Å². The van der Waals surface area contributed by atoms with E-state index in [1.165, 1.54) is 0 Å². The predicted molar refractivity (Wildman–Crippen MR) is 57.0 cm³/mol. The van der Waals surface area contributed by atoms with E-state index in [4.69, 9.17) is 5.73 Å². The molecule has 1 unspecified atom stereocenters. The predicted octanol–water partition coefficient (Wildman–Crippen LogP) is 2.17. The lowest BCUT2D eigenvalue weighted by molar-refractivity contribution is 0.649. The molecule has 2 nitrogen and oxygen atoms in total. The summed E-state index contributed by atoms with van der Waals surface area (Å²) in [5, 5.41) is 0. The van der Waals surface area contributed by atoms with Crippen LogP contribution < -0.4 is 5.73 Å². The molecule has 0 aliphatic rings. The van der Waals surface area contributed by atoms with Gasteiger partial charge in [0.2, 0.25) is 0 Å². The molecule has 0 fully saturated rings. The van der Waals surface area contributed by atoms with Gasteiger partial charge in [-0.05, 0) is 39.0 Å². The zero-order valence-corrected chi connectivity index (χ0v) is 9.02. The van der Waals surface area contributed by atoms with Crippen molar-refractivity contribution in [3.05, 3.63) is 24.3 Å². The van der Waals surface area contributed by atoms with Gasteiger partial charge >= 0.3 is 0 Å². The van der Waals surface area contributed by atoms with E-state index in [2.05, 4.69) is 0 Å². The largest absolute Gasteiger partial charge is 0.399 e. The molecule has 0 saturated heterocycles. The van der Waals surface area contributed by atoms with Crippen molar-refractivity contribution in [1.29, 1.82) is 0 Å². The van der Waals surface area contributed by atoms with E-state index in [0.717, 1.165) is 4.90 Å². The van der Waals surface area contributed by atoms with Crippen molar-refractivity contribution >= 4 is 16.5 Å². The van der Waals surface area contributed by atoms with Crippen LogP contribution in [-0.2, 0) is 10.8 Å². The minimum Gasteiger partial charge on any atom is -0.399 e. The van der Waals surface area contributed by atoms with E-state index >= 15 is 0 Å². The molecule has 0 amide bonds. The summed E-state index contributed by atoms with van der Waals surface area (Å²) in [6.07, 6.45) is 0. The summed E-state index contributed by atoms with van der Waals surface area (Å²) in [6, 6.07) is 7.23. The summed E-state index contributed by atoms with van der Waals surface area (Å²) < 4.78 is 11.6. The van der Waals surface area contributed by atoms with Gasteiger partial charge in [-0.2, -0.15) is 0 Å². The molecule has 0 radical (unpaired) electrons. The maximum Gasteiger partial charge on any atom is 0.0584 e. The van der Waals surface area contributed by atoms with Crippen molar-refractivity contribution in [2.24, 2.45) is 0 Å². The molecule has 3 heteroatoms. The minimum absolute atomic E-state index is 0.228. The van der Waals surface area contributed by atoms with Gasteiger partial charge in [-0.1, -0.05) is 6.07 Å². The summed E-state index contributed by atoms with van der Waals surface area (Å²) in [5.41, 5.74) is 6.27. The lowest BCUT2D eigenvalue weighted by Gasteiger charge is -2.17. The molecule has 0 heterocycles. The van der Waals surface area contributed by atoms with Crippen LogP contribution in [0.1, 0.15) is 20.8 Å². The SMILES string of the molecule is CC(C)(C)S(=O)c1cccc(N)c1. The molecule has 1 aromatic rings. The van der Waals surface area contributed by atoms with Crippen LogP contribution in [0.2, 0.25) is 0 Å². The Labute approximate surface area is 81.6 Å². The Kier molecular flexibility index (Phi) is 2.76. The topological polar surface area (TPSA) is 43.1 Å². The molecule has 1 atom stereocenters. The average molecular weight is 197 g/mol. The Morgan fingerprint density at radius 2 is 1.92 bits per heavy atom. The smallest absolute Gasteiger partial charge is 0.0584 e. The maximum atomic E-state index is 11.9. The molecule has 0 saturated carbocycles. The number of rotatable bonds is 1. The standard InChI is InChI=1S/C10H15NOS/c1-10(2,3)13(12)9-6-4-5-8(11)7-9/h4-7H,11H2,1-3H3. The Morgan fingerprint density at radius 3 is 2.38 bits per heavy atom. The molecule has 1 aromatic carbocycles. The first-order valence-electron chi connectivity index (χ1n) is 4.18. The summed E-state index contributed by atoms with van der Waals surface area (Å²) in [5.74, 6) is 0. The highest BCUT2D eigenvalue weighted by Crippen LogP contribution is 2.21. The highest BCUT2D eigenvalue weighted by molar-refractivity contribution is 7.86. The number of hydrogen-bond acceptors (Lipinski definition) is 2. The molecule has 0 aliphatic heterocycles. The number of nitrogens with two attached hydrogens (primary N) is 1. The van der Waals surface area contributed by atoms with Crippen molar-refractivity contribution in [3.63, 3.8) is 0 Å². The van der Waals surface area contributed by atoms with Gasteiger partial charge in [0.1, 0.15) is 0 Å².